The molecule has 0 saturated carbocycles. The van der Waals surface area contributed by atoms with Crippen LogP contribution >= 0.6 is 0 Å². The van der Waals surface area contributed by atoms with Crippen molar-refractivity contribution in [2.24, 2.45) is 0 Å². The fraction of sp³-hybridized carbons (Fsp3) is 0. The van der Waals surface area contributed by atoms with Crippen LogP contribution in [0.2, 0.25) is 0 Å². The van der Waals surface area contributed by atoms with Gasteiger partial charge in [0, 0.05) is 50.8 Å². The SMILES string of the molecule is c1ccc(-c2cc(-c3cc4c5c(c3)N(c3ccccc3)c3cc6c7cccc8cccc(c9cccc(c3B5c3c(cc5c%10cccc%11cccc(c%12cccc3c%125)c%11%10)N4c3ccccc3)c96)c87)nc(-c3ccccc3)n2)cc1. The van der Waals surface area contributed by atoms with Crippen molar-refractivity contribution in [3.8, 4) is 33.9 Å². The summed E-state index contributed by atoms with van der Waals surface area (Å²) in [6, 6.07) is 96.7. The average molecular weight is 999 g/mol. The summed E-state index contributed by atoms with van der Waals surface area (Å²) in [7, 11) is 0. The highest BCUT2D eigenvalue weighted by atomic mass is 15.2. The number of hydrogen-bond donors (Lipinski definition) is 0. The van der Waals surface area contributed by atoms with Crippen LogP contribution in [0, 0.1) is 0 Å². The standard InChI is InChI=1S/C74H43BN4/c1-5-19-44(20-6-1)61-43-62(77-74(76-61)47-21-7-2-8-22-47)48-39-63-73-64(40-48)79(50-29-11-4-12-30-50)66-42-60-56-34-16-26-46-24-14-32-52(68(46)56)54-36-18-38-58(70(54)60)72(66)75(73)71-57-37-17-35-53-51-31-13-23-45-25-15-33-55(67(45)51)59(69(53)57)41-65(71)78(63)49-27-9-3-10-28-49/h1-43H. The molecular formula is C74H43BN4. The summed E-state index contributed by atoms with van der Waals surface area (Å²) in [5, 5.41) is 20.5. The van der Waals surface area contributed by atoms with E-state index in [1.807, 2.05) is 0 Å². The van der Waals surface area contributed by atoms with Crippen molar-refractivity contribution in [1.29, 1.82) is 0 Å². The van der Waals surface area contributed by atoms with Crippen LogP contribution in [0.3, 0.4) is 0 Å². The fourth-order valence-corrected chi connectivity index (χ4v) is 14.3. The zero-order chi connectivity index (χ0) is 51.4. The van der Waals surface area contributed by atoms with E-state index in [1.54, 1.807) is 0 Å². The molecule has 4 nitrogen and oxygen atoms in total. The highest BCUT2D eigenvalue weighted by Gasteiger charge is 2.46. The highest BCUT2D eigenvalue weighted by Crippen LogP contribution is 2.52. The normalized spacial score (nSPS) is 13.0. The number of anilines is 6. The summed E-state index contributed by atoms with van der Waals surface area (Å²) in [4.78, 5) is 16.0. The van der Waals surface area contributed by atoms with Crippen molar-refractivity contribution >= 4 is 143 Å². The topological polar surface area (TPSA) is 32.3 Å². The molecule has 16 aromatic rings. The lowest BCUT2D eigenvalue weighted by atomic mass is 9.32. The van der Waals surface area contributed by atoms with Crippen LogP contribution in [0.15, 0.2) is 261 Å². The van der Waals surface area contributed by atoms with Crippen molar-refractivity contribution in [1.82, 2.24) is 9.97 Å². The van der Waals surface area contributed by atoms with Gasteiger partial charge in [-0.1, -0.05) is 206 Å². The molecular weight excluding hydrogens is 956 g/mol. The highest BCUT2D eigenvalue weighted by molar-refractivity contribution is 7.03. The lowest BCUT2D eigenvalue weighted by molar-refractivity contribution is 1.18. The van der Waals surface area contributed by atoms with E-state index < -0.39 is 0 Å². The molecule has 0 fully saturated rings. The maximum atomic E-state index is 5.55. The molecule has 1 aromatic heterocycles. The number of fused-ring (bicyclic) bond motifs is 10. The molecule has 0 spiro atoms. The number of para-hydroxylation sites is 2. The molecule has 18 rings (SSSR count). The first-order chi connectivity index (χ1) is 39.2. The Morgan fingerprint density at radius 1 is 0.253 bits per heavy atom. The van der Waals surface area contributed by atoms with Gasteiger partial charge in [0.25, 0.3) is 6.71 Å². The second-order valence-corrected chi connectivity index (χ2v) is 21.5. The van der Waals surface area contributed by atoms with Crippen molar-refractivity contribution in [3.63, 3.8) is 0 Å². The Hall–Kier alpha value is -10.4. The van der Waals surface area contributed by atoms with E-state index in [2.05, 4.69) is 271 Å². The molecule has 3 heterocycles. The number of benzene rings is 15. The lowest BCUT2D eigenvalue weighted by Gasteiger charge is -2.45. The largest absolute Gasteiger partial charge is 0.311 e. The van der Waals surface area contributed by atoms with Crippen LogP contribution in [0.1, 0.15) is 0 Å². The van der Waals surface area contributed by atoms with Gasteiger partial charge in [-0.05, 0) is 157 Å². The first-order valence-electron chi connectivity index (χ1n) is 27.3. The number of nitrogens with zero attached hydrogens (tertiary/aromatic N) is 4. The molecule has 0 bridgehead atoms. The van der Waals surface area contributed by atoms with Gasteiger partial charge in [-0.3, -0.25) is 0 Å². The van der Waals surface area contributed by atoms with Gasteiger partial charge in [0.05, 0.1) is 11.4 Å². The summed E-state index contributed by atoms with van der Waals surface area (Å²) in [5.74, 6) is 0.684. The van der Waals surface area contributed by atoms with Crippen LogP contribution < -0.4 is 26.2 Å². The third-order valence-electron chi connectivity index (χ3n) is 17.5. The monoisotopic (exact) mass is 998 g/mol. The second-order valence-electron chi connectivity index (χ2n) is 21.5. The van der Waals surface area contributed by atoms with Gasteiger partial charge in [-0.2, -0.15) is 0 Å². The zero-order valence-electron chi connectivity index (χ0n) is 42.7. The quantitative estimate of drug-likeness (QED) is 0.0977. The van der Waals surface area contributed by atoms with E-state index in [9.17, 15) is 0 Å². The Morgan fingerprint density at radius 3 is 1.06 bits per heavy atom. The van der Waals surface area contributed by atoms with Crippen LogP contribution in [0.5, 0.6) is 0 Å². The number of hydrogen-bond acceptors (Lipinski definition) is 4. The molecule has 0 atom stereocenters. The van der Waals surface area contributed by atoms with Gasteiger partial charge in [-0.25, -0.2) is 9.97 Å². The van der Waals surface area contributed by atoms with Crippen molar-refractivity contribution < 1.29 is 0 Å². The van der Waals surface area contributed by atoms with Gasteiger partial charge in [0.1, 0.15) is 0 Å². The average Bonchev–Trinajstić information content (AvgIpc) is 3.68. The molecule has 15 aromatic carbocycles. The smallest absolute Gasteiger partial charge is 0.253 e. The molecule has 2 aliphatic rings. The molecule has 0 N–H and O–H groups in total. The molecule has 0 aliphatic carbocycles. The van der Waals surface area contributed by atoms with Gasteiger partial charge in [0.15, 0.2) is 5.82 Å². The van der Waals surface area contributed by atoms with Crippen LogP contribution in [-0.4, -0.2) is 16.7 Å². The third kappa shape index (κ3) is 5.93. The lowest BCUT2D eigenvalue weighted by Crippen LogP contribution is -2.61. The fourth-order valence-electron chi connectivity index (χ4n) is 14.3. The molecule has 0 amide bonds. The van der Waals surface area contributed by atoms with E-state index in [0.717, 1.165) is 50.8 Å². The van der Waals surface area contributed by atoms with Crippen LogP contribution in [-0.2, 0) is 0 Å². The minimum Gasteiger partial charge on any atom is -0.311 e. The molecule has 79 heavy (non-hydrogen) atoms. The van der Waals surface area contributed by atoms with Crippen molar-refractivity contribution in [2.45, 2.75) is 0 Å². The third-order valence-corrected chi connectivity index (χ3v) is 17.5. The maximum Gasteiger partial charge on any atom is 0.253 e. The van der Waals surface area contributed by atoms with Gasteiger partial charge < -0.3 is 9.80 Å². The number of aromatic nitrogens is 2. The predicted molar refractivity (Wildman–Crippen MR) is 335 cm³/mol. The summed E-state index contributed by atoms with van der Waals surface area (Å²) in [6.07, 6.45) is 0. The Labute approximate surface area is 455 Å². The summed E-state index contributed by atoms with van der Waals surface area (Å²) < 4.78 is 0. The van der Waals surface area contributed by atoms with Crippen LogP contribution in [0.4, 0.5) is 34.1 Å². The zero-order valence-corrected chi connectivity index (χ0v) is 42.7. The van der Waals surface area contributed by atoms with Gasteiger partial charge in [0.2, 0.25) is 0 Å². The molecule has 0 saturated heterocycles. The summed E-state index contributed by atoms with van der Waals surface area (Å²) in [5.41, 5.74) is 15.4. The van der Waals surface area contributed by atoms with E-state index >= 15 is 0 Å². The van der Waals surface area contributed by atoms with Crippen molar-refractivity contribution in [3.05, 3.63) is 261 Å². The molecule has 5 heteroatoms. The second kappa shape index (κ2) is 16.1. The molecule has 0 unspecified atom stereocenters. The Morgan fingerprint density at radius 2 is 0.608 bits per heavy atom. The molecule has 0 radical (unpaired) electrons. The minimum absolute atomic E-state index is 0.191. The van der Waals surface area contributed by atoms with E-state index in [-0.39, 0.29) is 6.71 Å². The minimum atomic E-state index is -0.191. The van der Waals surface area contributed by atoms with Crippen LogP contribution in [0.25, 0.3) is 120 Å². The predicted octanol–water partition coefficient (Wildman–Crippen LogP) is 17.7. The first-order valence-corrected chi connectivity index (χ1v) is 27.3. The molecule has 362 valence electrons. The Balaban J connectivity index is 1.05. The van der Waals surface area contributed by atoms with Gasteiger partial charge in [-0.15, -0.1) is 0 Å². The first kappa shape index (κ1) is 42.8. The van der Waals surface area contributed by atoms with Crippen molar-refractivity contribution in [2.75, 3.05) is 9.80 Å². The van der Waals surface area contributed by atoms with E-state index in [4.69, 9.17) is 9.97 Å². The molecule has 2 aliphatic heterocycles. The Bertz CT molecular complexity index is 4870. The van der Waals surface area contributed by atoms with Gasteiger partial charge >= 0.3 is 0 Å². The Kier molecular flexibility index (Phi) is 8.72. The number of rotatable bonds is 5. The summed E-state index contributed by atoms with van der Waals surface area (Å²) >= 11 is 0. The van der Waals surface area contributed by atoms with E-state index in [1.165, 1.54) is 114 Å². The maximum absolute atomic E-state index is 5.55. The summed E-state index contributed by atoms with van der Waals surface area (Å²) in [6.45, 7) is -0.191. The van der Waals surface area contributed by atoms with E-state index in [0.29, 0.717) is 5.82 Å².